The Morgan fingerprint density at radius 1 is 0.921 bits per heavy atom. The van der Waals surface area contributed by atoms with Crippen molar-refractivity contribution in [2.75, 3.05) is 19.7 Å². The van der Waals surface area contributed by atoms with Gasteiger partial charge in [0.05, 0.1) is 31.0 Å². The van der Waals surface area contributed by atoms with Crippen LogP contribution in [0.2, 0.25) is 0 Å². The molecule has 3 aromatic carbocycles. The number of hydrogen-bond donors (Lipinski definition) is 1. The number of carbonyl (C=O) groups is 2. The van der Waals surface area contributed by atoms with Crippen molar-refractivity contribution in [3.05, 3.63) is 108 Å². The largest absolute Gasteiger partial charge is 0.493 e. The van der Waals surface area contributed by atoms with Gasteiger partial charge in [-0.25, -0.2) is 14.6 Å². The lowest BCUT2D eigenvalue weighted by Crippen LogP contribution is -2.32. The molecular weight excluding hydrogens is 484 g/mol. The zero-order chi connectivity index (χ0) is 26.5. The molecule has 1 amide bonds. The molecule has 8 nitrogen and oxygen atoms in total. The summed E-state index contributed by atoms with van der Waals surface area (Å²) in [5, 5.41) is 9.80. The van der Waals surface area contributed by atoms with Gasteiger partial charge in [0.1, 0.15) is 17.3 Å². The van der Waals surface area contributed by atoms with Gasteiger partial charge in [-0.1, -0.05) is 48.5 Å². The van der Waals surface area contributed by atoms with Gasteiger partial charge in [0, 0.05) is 12.0 Å². The molecule has 0 atom stereocenters. The number of carboxylic acids is 1. The molecule has 2 heterocycles. The highest BCUT2D eigenvalue weighted by atomic mass is 16.6. The molecule has 0 saturated heterocycles. The third kappa shape index (κ3) is 5.59. The van der Waals surface area contributed by atoms with Crippen molar-refractivity contribution in [1.29, 1.82) is 0 Å². The highest BCUT2D eigenvalue weighted by molar-refractivity contribution is 6.00. The first-order valence-electron chi connectivity index (χ1n) is 12.2. The van der Waals surface area contributed by atoms with Crippen LogP contribution in [0.5, 0.6) is 11.5 Å². The monoisotopic (exact) mass is 510 g/mol. The smallest absolute Gasteiger partial charge is 0.415 e. The summed E-state index contributed by atoms with van der Waals surface area (Å²) in [5.74, 6) is 1.23. The molecule has 4 aromatic rings. The first-order valence-corrected chi connectivity index (χ1v) is 12.2. The topological polar surface area (TPSA) is 102 Å². The number of rotatable bonds is 8. The molecule has 0 unspecified atom stereocenters. The maximum atomic E-state index is 12.7. The number of aliphatic carboxylic acids is 1. The van der Waals surface area contributed by atoms with Crippen LogP contribution in [0.3, 0.4) is 0 Å². The van der Waals surface area contributed by atoms with Crippen molar-refractivity contribution >= 4 is 17.6 Å². The number of nitrogens with zero attached hydrogens (tertiary/aromatic N) is 2. The van der Waals surface area contributed by atoms with Gasteiger partial charge < -0.3 is 19.0 Å². The van der Waals surface area contributed by atoms with Crippen molar-refractivity contribution < 1.29 is 28.6 Å². The Hall–Kier alpha value is -4.85. The summed E-state index contributed by atoms with van der Waals surface area (Å²) in [6.45, 7) is 2.32. The van der Waals surface area contributed by atoms with E-state index in [1.165, 1.54) is 4.90 Å². The number of oxazole rings is 1. The molecule has 0 radical (unpaired) electrons. The summed E-state index contributed by atoms with van der Waals surface area (Å²) in [4.78, 5) is 30.6. The summed E-state index contributed by atoms with van der Waals surface area (Å²) in [7, 11) is 0. The zero-order valence-corrected chi connectivity index (χ0v) is 20.8. The third-order valence-corrected chi connectivity index (χ3v) is 6.23. The van der Waals surface area contributed by atoms with E-state index in [1.807, 2.05) is 55.5 Å². The fraction of sp³-hybridized carbons (Fsp3) is 0.167. The van der Waals surface area contributed by atoms with Crippen LogP contribution < -0.4 is 9.47 Å². The van der Waals surface area contributed by atoms with Gasteiger partial charge in [-0.2, -0.15) is 0 Å². The van der Waals surface area contributed by atoms with Crippen LogP contribution >= 0.6 is 0 Å². The Bertz CT molecular complexity index is 1480. The van der Waals surface area contributed by atoms with E-state index in [2.05, 4.69) is 4.98 Å². The van der Waals surface area contributed by atoms with Crippen LogP contribution in [0, 0.1) is 6.92 Å². The Morgan fingerprint density at radius 2 is 1.61 bits per heavy atom. The first-order chi connectivity index (χ1) is 18.5. The molecule has 38 heavy (non-hydrogen) atoms. The van der Waals surface area contributed by atoms with Crippen LogP contribution in [-0.2, 0) is 11.2 Å². The molecule has 1 aliphatic rings. The lowest BCUT2D eigenvalue weighted by Gasteiger charge is -2.16. The minimum atomic E-state index is -1.07. The van der Waals surface area contributed by atoms with E-state index >= 15 is 0 Å². The van der Waals surface area contributed by atoms with E-state index in [1.54, 1.807) is 36.4 Å². The second-order valence-corrected chi connectivity index (χ2v) is 8.81. The lowest BCUT2D eigenvalue weighted by molar-refractivity contribution is -0.132. The van der Waals surface area contributed by atoms with Crippen molar-refractivity contribution in [3.8, 4) is 23.0 Å². The Kier molecular flexibility index (Phi) is 7.21. The van der Waals surface area contributed by atoms with E-state index in [4.69, 9.17) is 13.9 Å². The Balaban J connectivity index is 1.24. The zero-order valence-electron chi connectivity index (χ0n) is 20.8. The average Bonchev–Trinajstić information content (AvgIpc) is 3.55. The summed E-state index contributed by atoms with van der Waals surface area (Å²) >= 11 is 0. The molecule has 1 aliphatic heterocycles. The number of para-hydroxylation sites is 1. The fourth-order valence-electron chi connectivity index (χ4n) is 4.28. The molecule has 8 heteroatoms. The van der Waals surface area contributed by atoms with Crippen LogP contribution in [-0.4, -0.2) is 46.7 Å². The molecule has 0 bridgehead atoms. The number of ether oxygens (including phenoxy) is 2. The van der Waals surface area contributed by atoms with Gasteiger partial charge >= 0.3 is 12.1 Å². The quantitative estimate of drug-likeness (QED) is 0.328. The molecule has 192 valence electrons. The molecule has 0 spiro atoms. The SMILES string of the molecule is Cc1oc(-c2ccccc2)nc1CCOc1cccc(C2=C(C(=O)O)CN(C(=O)Oc3ccccc3)C2)c1. The maximum absolute atomic E-state index is 12.7. The minimum absolute atomic E-state index is 0.0450. The van der Waals surface area contributed by atoms with E-state index in [9.17, 15) is 14.7 Å². The van der Waals surface area contributed by atoms with Gasteiger partial charge in [-0.05, 0) is 54.5 Å². The highest BCUT2D eigenvalue weighted by Gasteiger charge is 2.31. The van der Waals surface area contributed by atoms with E-state index in [0.717, 1.165) is 17.0 Å². The second-order valence-electron chi connectivity index (χ2n) is 8.81. The van der Waals surface area contributed by atoms with Gasteiger partial charge in [0.25, 0.3) is 0 Å². The van der Waals surface area contributed by atoms with E-state index in [-0.39, 0.29) is 18.7 Å². The summed E-state index contributed by atoms with van der Waals surface area (Å²) in [5.41, 5.74) is 3.11. The fourth-order valence-corrected chi connectivity index (χ4v) is 4.28. The number of hydrogen-bond acceptors (Lipinski definition) is 6. The standard InChI is InChI=1S/C30H26N2O6/c1-20-27(31-28(37-20)21-9-4-2-5-10-21)15-16-36-24-14-8-11-22(17-24)25-18-32(19-26(25)29(33)34)30(35)38-23-12-6-3-7-13-23/h2-14,17H,15-16,18-19H2,1H3,(H,33,34). The number of amides is 1. The Labute approximate surface area is 219 Å². The van der Waals surface area contributed by atoms with Crippen molar-refractivity contribution in [1.82, 2.24) is 9.88 Å². The Morgan fingerprint density at radius 3 is 2.34 bits per heavy atom. The van der Waals surface area contributed by atoms with Gasteiger partial charge in [-0.15, -0.1) is 0 Å². The predicted molar refractivity (Wildman–Crippen MR) is 141 cm³/mol. The molecule has 0 fully saturated rings. The van der Waals surface area contributed by atoms with E-state index in [0.29, 0.717) is 41.6 Å². The normalized spacial score (nSPS) is 13.0. The average molecular weight is 511 g/mol. The van der Waals surface area contributed by atoms with Crippen molar-refractivity contribution in [3.63, 3.8) is 0 Å². The minimum Gasteiger partial charge on any atom is -0.493 e. The number of benzene rings is 3. The van der Waals surface area contributed by atoms with E-state index < -0.39 is 12.1 Å². The lowest BCUT2D eigenvalue weighted by atomic mass is 10.0. The number of carboxylic acid groups (broad SMARTS) is 1. The number of aryl methyl sites for hydroxylation is 1. The maximum Gasteiger partial charge on any atom is 0.415 e. The molecule has 1 aromatic heterocycles. The number of aromatic nitrogens is 1. The van der Waals surface area contributed by atoms with Gasteiger partial charge in [0.2, 0.25) is 5.89 Å². The molecule has 5 rings (SSSR count). The van der Waals surface area contributed by atoms with Crippen LogP contribution in [0.15, 0.2) is 94.9 Å². The summed E-state index contributed by atoms with van der Waals surface area (Å²) < 4.78 is 17.2. The molecule has 0 aliphatic carbocycles. The predicted octanol–water partition coefficient (Wildman–Crippen LogP) is 5.62. The van der Waals surface area contributed by atoms with Gasteiger partial charge in [0.15, 0.2) is 0 Å². The van der Waals surface area contributed by atoms with Crippen molar-refractivity contribution in [2.45, 2.75) is 13.3 Å². The molecule has 1 N–H and O–H groups in total. The van der Waals surface area contributed by atoms with Gasteiger partial charge in [-0.3, -0.25) is 4.90 Å². The molecular formula is C30H26N2O6. The number of carbonyl (C=O) groups excluding carboxylic acids is 1. The van der Waals surface area contributed by atoms with Crippen LogP contribution in [0.4, 0.5) is 4.79 Å². The first kappa shape index (κ1) is 24.8. The third-order valence-electron chi connectivity index (χ3n) is 6.23. The molecule has 0 saturated carbocycles. The van der Waals surface area contributed by atoms with Crippen molar-refractivity contribution in [2.24, 2.45) is 0 Å². The second kappa shape index (κ2) is 11.0. The van der Waals surface area contributed by atoms with Crippen LogP contribution in [0.25, 0.3) is 17.0 Å². The van der Waals surface area contributed by atoms with Crippen LogP contribution in [0.1, 0.15) is 17.0 Å². The summed E-state index contributed by atoms with van der Waals surface area (Å²) in [6.07, 6.45) is -0.0515. The highest BCUT2D eigenvalue weighted by Crippen LogP contribution is 2.30. The summed E-state index contributed by atoms with van der Waals surface area (Å²) in [6, 6.07) is 25.6.